The molecule has 2 aromatic rings. The van der Waals surface area contributed by atoms with E-state index in [9.17, 15) is 21.6 Å². The van der Waals surface area contributed by atoms with Gasteiger partial charge in [-0.3, -0.25) is 14.5 Å². The van der Waals surface area contributed by atoms with E-state index < -0.39 is 32.0 Å². The van der Waals surface area contributed by atoms with Crippen molar-refractivity contribution < 1.29 is 26.2 Å². The molecule has 1 aromatic carbocycles. The number of sulfonamides is 2. The Morgan fingerprint density at radius 3 is 2.52 bits per heavy atom. The lowest BCUT2D eigenvalue weighted by atomic mass is 10.3. The number of anilines is 1. The van der Waals surface area contributed by atoms with Crippen molar-refractivity contribution in [3.8, 4) is 0 Å². The normalized spacial score (nSPS) is 15.4. The van der Waals surface area contributed by atoms with Crippen molar-refractivity contribution in [1.29, 1.82) is 0 Å². The molecule has 1 aliphatic heterocycles. The van der Waals surface area contributed by atoms with Gasteiger partial charge in [-0.05, 0) is 45.4 Å². The molecule has 1 aliphatic rings. The van der Waals surface area contributed by atoms with E-state index in [1.807, 2.05) is 0 Å². The lowest BCUT2D eigenvalue weighted by Crippen LogP contribution is -2.41. The molecule has 11 nitrogen and oxygen atoms in total. The van der Waals surface area contributed by atoms with Crippen LogP contribution in [0, 0.1) is 13.8 Å². The van der Waals surface area contributed by atoms with Crippen molar-refractivity contribution in [1.82, 2.24) is 14.6 Å². The molecule has 1 amide bonds. The Bertz CT molecular complexity index is 1210. The molecule has 31 heavy (non-hydrogen) atoms. The van der Waals surface area contributed by atoms with Gasteiger partial charge in [0, 0.05) is 18.7 Å². The summed E-state index contributed by atoms with van der Waals surface area (Å²) in [5.74, 6) is -0.162. The smallest absolute Gasteiger partial charge is 0.262 e. The first-order valence-corrected chi connectivity index (χ1v) is 12.4. The molecule has 0 aliphatic carbocycles. The van der Waals surface area contributed by atoms with Crippen molar-refractivity contribution in [2.75, 3.05) is 11.9 Å². The Morgan fingerprint density at radius 1 is 1.16 bits per heavy atom. The van der Waals surface area contributed by atoms with Crippen LogP contribution in [0.4, 0.5) is 5.69 Å². The third kappa shape index (κ3) is 5.29. The summed E-state index contributed by atoms with van der Waals surface area (Å²) in [6, 6.07) is 4.49. The summed E-state index contributed by atoms with van der Waals surface area (Å²) in [6.45, 7) is 4.88. The van der Waals surface area contributed by atoms with Crippen LogP contribution in [0.2, 0.25) is 0 Å². The number of hydrogen-bond acceptors (Lipinski definition) is 8. The minimum absolute atomic E-state index is 0.0520. The van der Waals surface area contributed by atoms with Gasteiger partial charge in [0.2, 0.25) is 15.9 Å². The van der Waals surface area contributed by atoms with E-state index in [0.717, 1.165) is 6.42 Å². The Hall–Kier alpha value is -2.77. The van der Waals surface area contributed by atoms with Crippen LogP contribution in [0.15, 0.2) is 43.6 Å². The molecule has 2 heterocycles. The molecule has 1 aromatic heterocycles. The van der Waals surface area contributed by atoms with Gasteiger partial charge in [-0.25, -0.2) is 16.8 Å². The molecule has 0 saturated carbocycles. The average molecular weight is 470 g/mol. The lowest BCUT2D eigenvalue weighted by molar-refractivity contribution is -0.117. The number of amides is 1. The van der Waals surface area contributed by atoms with Crippen LogP contribution in [0.3, 0.4) is 0 Å². The number of aryl methyl sites for hydroxylation is 2. The summed E-state index contributed by atoms with van der Waals surface area (Å²) in [6.07, 6.45) is 1.34. The molecular weight excluding hydrogens is 446 g/mol. The first-order chi connectivity index (χ1) is 14.5. The zero-order chi connectivity index (χ0) is 22.8. The summed E-state index contributed by atoms with van der Waals surface area (Å²) >= 11 is 0. The highest BCUT2D eigenvalue weighted by Crippen LogP contribution is 2.20. The first kappa shape index (κ1) is 22.9. The molecule has 168 valence electrons. The van der Waals surface area contributed by atoms with Gasteiger partial charge in [-0.1, -0.05) is 11.2 Å². The van der Waals surface area contributed by atoms with Gasteiger partial charge in [-0.15, -0.1) is 0 Å². The molecule has 3 N–H and O–H groups in total. The van der Waals surface area contributed by atoms with Gasteiger partial charge in [0.15, 0.2) is 5.76 Å². The first-order valence-electron chi connectivity index (χ1n) is 9.42. The number of nitrogens with one attached hydrogen (secondary N) is 3. The molecular formula is C18H23N5O6S2. The van der Waals surface area contributed by atoms with Gasteiger partial charge in [0.05, 0.1) is 10.9 Å². The van der Waals surface area contributed by atoms with E-state index in [2.05, 4.69) is 24.9 Å². The summed E-state index contributed by atoms with van der Waals surface area (Å²) in [4.78, 5) is 16.4. The maximum absolute atomic E-state index is 12.6. The molecule has 0 fully saturated rings. The van der Waals surface area contributed by atoms with E-state index in [1.54, 1.807) is 0 Å². The third-order valence-electron chi connectivity index (χ3n) is 4.50. The number of carbonyl (C=O) groups excluding carboxylic acids is 1. The number of nitrogens with zero attached hydrogens (tertiary/aromatic N) is 2. The number of rotatable bonds is 7. The van der Waals surface area contributed by atoms with Crippen LogP contribution in [-0.2, 0) is 24.8 Å². The lowest BCUT2D eigenvalue weighted by Gasteiger charge is -2.15. The van der Waals surface area contributed by atoms with Crippen molar-refractivity contribution in [3.63, 3.8) is 0 Å². The van der Waals surface area contributed by atoms with Crippen LogP contribution in [0.25, 0.3) is 0 Å². The predicted molar refractivity (Wildman–Crippen MR) is 113 cm³/mol. The fourth-order valence-electron chi connectivity index (χ4n) is 3.03. The second kappa shape index (κ2) is 8.77. The van der Waals surface area contributed by atoms with Gasteiger partial charge in [0.25, 0.3) is 10.0 Å². The topological polar surface area (TPSA) is 160 Å². The van der Waals surface area contributed by atoms with Crippen molar-refractivity contribution >= 4 is 37.5 Å². The number of carbonyl (C=O) groups is 1. The molecule has 0 radical (unpaired) electrons. The largest absolute Gasteiger partial charge is 0.360 e. The standard InChI is InChI=1S/C18H23N5O6S2/c1-11-17(13(3)29-21-11)31(27,28)22-12(2)18(24)20-14-6-4-7-15(10-14)30(25,26)23-16-8-5-9-19-16/h4,6-7,10,12,22H,5,8-9H2,1-3H3,(H,19,23)(H,20,24). The van der Waals surface area contributed by atoms with Crippen LogP contribution < -0.4 is 14.8 Å². The van der Waals surface area contributed by atoms with E-state index >= 15 is 0 Å². The Balaban J connectivity index is 1.71. The second-order valence-electron chi connectivity index (χ2n) is 7.05. The van der Waals surface area contributed by atoms with Gasteiger partial charge in [-0.2, -0.15) is 4.72 Å². The minimum atomic E-state index is -4.05. The van der Waals surface area contributed by atoms with Crippen LogP contribution in [0.5, 0.6) is 0 Å². The average Bonchev–Trinajstić information content (AvgIpc) is 3.30. The van der Waals surface area contributed by atoms with Crippen molar-refractivity contribution in [2.24, 2.45) is 4.99 Å². The summed E-state index contributed by atoms with van der Waals surface area (Å²) in [7, 11) is -7.90. The van der Waals surface area contributed by atoms with E-state index in [4.69, 9.17) is 4.52 Å². The third-order valence-corrected chi connectivity index (χ3v) is 7.66. The number of amidine groups is 1. The molecule has 0 bridgehead atoms. The van der Waals surface area contributed by atoms with E-state index in [1.165, 1.54) is 45.0 Å². The predicted octanol–water partition coefficient (Wildman–Crippen LogP) is 1.07. The number of benzene rings is 1. The van der Waals surface area contributed by atoms with E-state index in [0.29, 0.717) is 18.8 Å². The van der Waals surface area contributed by atoms with Gasteiger partial charge in [0.1, 0.15) is 16.4 Å². The zero-order valence-electron chi connectivity index (χ0n) is 17.2. The van der Waals surface area contributed by atoms with Crippen molar-refractivity contribution in [3.05, 3.63) is 35.7 Å². The van der Waals surface area contributed by atoms with Crippen LogP contribution in [-0.4, -0.2) is 46.3 Å². The SMILES string of the molecule is Cc1noc(C)c1S(=O)(=O)NC(C)C(=O)Nc1cccc(S(=O)(=O)NC2=NCCC2)c1. The molecule has 1 atom stereocenters. The van der Waals surface area contributed by atoms with Crippen molar-refractivity contribution in [2.45, 2.75) is 49.4 Å². The van der Waals surface area contributed by atoms with Crippen LogP contribution in [0.1, 0.15) is 31.2 Å². The minimum Gasteiger partial charge on any atom is -0.360 e. The highest BCUT2D eigenvalue weighted by Gasteiger charge is 2.28. The maximum Gasteiger partial charge on any atom is 0.262 e. The fraction of sp³-hybridized carbons (Fsp3) is 0.389. The maximum atomic E-state index is 12.6. The molecule has 0 saturated heterocycles. The number of aliphatic imine (C=N–C) groups is 1. The highest BCUT2D eigenvalue weighted by molar-refractivity contribution is 7.90. The Kier molecular flexibility index (Phi) is 6.48. The molecule has 1 unspecified atom stereocenters. The number of aromatic nitrogens is 1. The summed E-state index contributed by atoms with van der Waals surface area (Å²) in [5.41, 5.74) is 0.375. The Labute approximate surface area is 180 Å². The Morgan fingerprint density at radius 2 is 1.90 bits per heavy atom. The quantitative estimate of drug-likeness (QED) is 0.546. The monoisotopic (exact) mass is 469 g/mol. The molecule has 13 heteroatoms. The van der Waals surface area contributed by atoms with E-state index in [-0.39, 0.29) is 26.9 Å². The zero-order valence-corrected chi connectivity index (χ0v) is 18.8. The number of hydrogen-bond donors (Lipinski definition) is 3. The van der Waals surface area contributed by atoms with Gasteiger partial charge >= 0.3 is 0 Å². The summed E-state index contributed by atoms with van der Waals surface area (Å²) in [5, 5.41) is 6.12. The van der Waals surface area contributed by atoms with Crippen LogP contribution >= 0.6 is 0 Å². The highest BCUT2D eigenvalue weighted by atomic mass is 32.2. The second-order valence-corrected chi connectivity index (χ2v) is 10.4. The van der Waals surface area contributed by atoms with Gasteiger partial charge < -0.3 is 9.84 Å². The molecule has 3 rings (SSSR count). The fourth-order valence-corrected chi connectivity index (χ4v) is 5.70. The molecule has 0 spiro atoms. The summed E-state index contributed by atoms with van der Waals surface area (Å²) < 4.78 is 59.8.